The molecule has 0 heterocycles. The van der Waals surface area contributed by atoms with E-state index < -0.39 is 0 Å². The summed E-state index contributed by atoms with van der Waals surface area (Å²) in [5.74, 6) is 0. The quantitative estimate of drug-likeness (QED) is 0.587. The molecule has 2 N–H and O–H groups in total. The lowest BCUT2D eigenvalue weighted by molar-refractivity contribution is 0.739. The van der Waals surface area contributed by atoms with Crippen LogP contribution < -0.4 is 5.73 Å². The van der Waals surface area contributed by atoms with Crippen LogP contribution in [0.3, 0.4) is 0 Å². The van der Waals surface area contributed by atoms with Gasteiger partial charge in [0.05, 0.1) is 0 Å². The first-order chi connectivity index (χ1) is 6.27. The normalized spacial score (nSPS) is 12.5. The molecular formula is C11H15NS. The van der Waals surface area contributed by atoms with Gasteiger partial charge < -0.3 is 5.73 Å². The Morgan fingerprint density at radius 3 is 3.00 bits per heavy atom. The number of nitrogens with two attached hydrogens (primary N) is 1. The first kappa shape index (κ1) is 10.4. The largest absolute Gasteiger partial charge is 0.324 e. The molecule has 0 aliphatic heterocycles. The molecule has 2 heteroatoms. The Hall–Kier alpha value is -0.730. The van der Waals surface area contributed by atoms with E-state index in [1.165, 1.54) is 10.5 Å². The number of hydrogen-bond donors (Lipinski definition) is 1. The fourth-order valence-electron chi connectivity index (χ4n) is 1.19. The van der Waals surface area contributed by atoms with E-state index in [0.29, 0.717) is 0 Å². The summed E-state index contributed by atoms with van der Waals surface area (Å²) in [5, 5.41) is 0. The van der Waals surface area contributed by atoms with E-state index in [2.05, 4.69) is 31.0 Å². The van der Waals surface area contributed by atoms with Gasteiger partial charge >= 0.3 is 0 Å². The van der Waals surface area contributed by atoms with E-state index >= 15 is 0 Å². The molecule has 1 aromatic rings. The van der Waals surface area contributed by atoms with E-state index in [1.54, 1.807) is 11.8 Å². The van der Waals surface area contributed by atoms with Gasteiger partial charge in [-0.15, -0.1) is 18.3 Å². The number of thioether (sulfide) groups is 1. The third kappa shape index (κ3) is 2.90. The lowest BCUT2D eigenvalue weighted by atomic mass is 10.1. The number of benzene rings is 1. The maximum absolute atomic E-state index is 5.95. The summed E-state index contributed by atoms with van der Waals surface area (Å²) in [5.41, 5.74) is 7.14. The van der Waals surface area contributed by atoms with Crippen molar-refractivity contribution >= 4 is 11.8 Å². The molecule has 1 atom stereocenters. The van der Waals surface area contributed by atoms with Crippen molar-refractivity contribution in [3.8, 4) is 0 Å². The van der Waals surface area contributed by atoms with Crippen molar-refractivity contribution in [3.05, 3.63) is 42.5 Å². The highest BCUT2D eigenvalue weighted by Crippen LogP contribution is 2.20. The minimum atomic E-state index is 0.0876. The summed E-state index contributed by atoms with van der Waals surface area (Å²) in [6.45, 7) is 3.68. The molecule has 1 nitrogen and oxygen atoms in total. The molecule has 0 unspecified atom stereocenters. The van der Waals surface area contributed by atoms with Crippen molar-refractivity contribution in [2.45, 2.75) is 17.4 Å². The zero-order valence-corrected chi connectivity index (χ0v) is 8.68. The summed E-state index contributed by atoms with van der Waals surface area (Å²) in [6, 6.07) is 8.43. The standard InChI is InChI=1S/C11H15NS/c1-3-5-11(12)9-6-4-7-10(8-9)13-2/h3-4,6-8,11H,1,5,12H2,2H3/t11-/m1/s1. The predicted molar refractivity (Wildman–Crippen MR) is 60.0 cm³/mol. The number of hydrogen-bond acceptors (Lipinski definition) is 2. The monoisotopic (exact) mass is 193 g/mol. The highest BCUT2D eigenvalue weighted by Gasteiger charge is 2.03. The Labute approximate surface area is 84.0 Å². The lowest BCUT2D eigenvalue weighted by Crippen LogP contribution is -2.08. The molecule has 0 aliphatic carbocycles. The topological polar surface area (TPSA) is 26.0 Å². The van der Waals surface area contributed by atoms with E-state index in [1.807, 2.05) is 12.1 Å². The molecule has 0 aromatic heterocycles. The second kappa shape index (κ2) is 5.10. The second-order valence-electron chi connectivity index (χ2n) is 2.91. The summed E-state index contributed by atoms with van der Waals surface area (Å²) < 4.78 is 0. The van der Waals surface area contributed by atoms with Crippen LogP contribution in [-0.4, -0.2) is 6.26 Å². The van der Waals surface area contributed by atoms with Crippen LogP contribution in [0.15, 0.2) is 41.8 Å². The highest BCUT2D eigenvalue weighted by atomic mass is 32.2. The van der Waals surface area contributed by atoms with Crippen molar-refractivity contribution in [1.82, 2.24) is 0 Å². The fourth-order valence-corrected chi connectivity index (χ4v) is 1.66. The SMILES string of the molecule is C=CC[C@@H](N)c1cccc(SC)c1. The van der Waals surface area contributed by atoms with Crippen LogP contribution in [-0.2, 0) is 0 Å². The molecule has 0 radical (unpaired) electrons. The maximum Gasteiger partial charge on any atom is 0.0330 e. The Bertz CT molecular complexity index is 283. The van der Waals surface area contributed by atoms with Crippen LogP contribution in [0.2, 0.25) is 0 Å². The van der Waals surface area contributed by atoms with Gasteiger partial charge in [-0.3, -0.25) is 0 Å². The average Bonchev–Trinajstić information content (AvgIpc) is 2.18. The molecule has 0 spiro atoms. The van der Waals surface area contributed by atoms with Gasteiger partial charge in [0, 0.05) is 10.9 Å². The Morgan fingerprint density at radius 2 is 2.38 bits per heavy atom. The van der Waals surface area contributed by atoms with Gasteiger partial charge in [-0.1, -0.05) is 18.2 Å². The molecule has 0 bridgehead atoms. The van der Waals surface area contributed by atoms with Crippen molar-refractivity contribution in [3.63, 3.8) is 0 Å². The predicted octanol–water partition coefficient (Wildman–Crippen LogP) is 2.98. The van der Waals surface area contributed by atoms with E-state index in [0.717, 1.165) is 6.42 Å². The lowest BCUT2D eigenvalue weighted by Gasteiger charge is -2.09. The van der Waals surface area contributed by atoms with Crippen LogP contribution >= 0.6 is 11.8 Å². The van der Waals surface area contributed by atoms with Crippen LogP contribution in [0.1, 0.15) is 18.0 Å². The van der Waals surface area contributed by atoms with Crippen molar-refractivity contribution < 1.29 is 0 Å². The van der Waals surface area contributed by atoms with Gasteiger partial charge in [0.2, 0.25) is 0 Å². The van der Waals surface area contributed by atoms with Gasteiger partial charge in [-0.05, 0) is 30.4 Å². The molecule has 0 amide bonds. The Morgan fingerprint density at radius 1 is 1.62 bits per heavy atom. The summed E-state index contributed by atoms with van der Waals surface area (Å²) in [6.07, 6.45) is 4.76. The Kier molecular flexibility index (Phi) is 4.06. The van der Waals surface area contributed by atoms with Crippen LogP contribution in [0.5, 0.6) is 0 Å². The van der Waals surface area contributed by atoms with Crippen LogP contribution in [0, 0.1) is 0 Å². The summed E-state index contributed by atoms with van der Waals surface area (Å²) in [7, 11) is 0. The van der Waals surface area contributed by atoms with Gasteiger partial charge in [0.1, 0.15) is 0 Å². The van der Waals surface area contributed by atoms with E-state index in [-0.39, 0.29) is 6.04 Å². The van der Waals surface area contributed by atoms with Gasteiger partial charge in [-0.2, -0.15) is 0 Å². The first-order valence-electron chi connectivity index (χ1n) is 4.28. The molecular weight excluding hydrogens is 178 g/mol. The fraction of sp³-hybridized carbons (Fsp3) is 0.273. The summed E-state index contributed by atoms with van der Waals surface area (Å²) in [4.78, 5) is 1.26. The first-order valence-corrected chi connectivity index (χ1v) is 5.51. The Balaban J connectivity index is 2.81. The maximum atomic E-state index is 5.95. The second-order valence-corrected chi connectivity index (χ2v) is 3.79. The van der Waals surface area contributed by atoms with Gasteiger partial charge in [0.25, 0.3) is 0 Å². The third-order valence-corrected chi connectivity index (χ3v) is 2.67. The van der Waals surface area contributed by atoms with E-state index in [9.17, 15) is 0 Å². The molecule has 1 rings (SSSR count). The highest BCUT2D eigenvalue weighted by molar-refractivity contribution is 7.98. The zero-order chi connectivity index (χ0) is 9.68. The van der Waals surface area contributed by atoms with Crippen LogP contribution in [0.25, 0.3) is 0 Å². The molecule has 0 fully saturated rings. The molecule has 70 valence electrons. The molecule has 1 aromatic carbocycles. The number of rotatable bonds is 4. The van der Waals surface area contributed by atoms with Gasteiger partial charge in [-0.25, -0.2) is 0 Å². The molecule has 0 aliphatic rings. The average molecular weight is 193 g/mol. The molecule has 13 heavy (non-hydrogen) atoms. The van der Waals surface area contributed by atoms with Crippen molar-refractivity contribution in [1.29, 1.82) is 0 Å². The zero-order valence-electron chi connectivity index (χ0n) is 7.86. The summed E-state index contributed by atoms with van der Waals surface area (Å²) >= 11 is 1.74. The van der Waals surface area contributed by atoms with Gasteiger partial charge in [0.15, 0.2) is 0 Å². The third-order valence-electron chi connectivity index (χ3n) is 1.94. The minimum Gasteiger partial charge on any atom is -0.324 e. The smallest absolute Gasteiger partial charge is 0.0330 e. The van der Waals surface area contributed by atoms with E-state index in [4.69, 9.17) is 5.73 Å². The van der Waals surface area contributed by atoms with Crippen LogP contribution in [0.4, 0.5) is 0 Å². The molecule has 0 saturated carbocycles. The van der Waals surface area contributed by atoms with Crippen molar-refractivity contribution in [2.24, 2.45) is 5.73 Å². The van der Waals surface area contributed by atoms with Crippen molar-refractivity contribution in [2.75, 3.05) is 6.26 Å². The minimum absolute atomic E-state index is 0.0876. The molecule has 0 saturated heterocycles.